The topological polar surface area (TPSA) is 39.7 Å². The molecule has 0 aliphatic heterocycles. The molecule has 0 heterocycles. The van der Waals surface area contributed by atoms with Gasteiger partial charge in [0.1, 0.15) is 0 Å². The van der Waals surface area contributed by atoms with Crippen molar-refractivity contribution in [3.8, 4) is 11.5 Å². The fraction of sp³-hybridized carbons (Fsp3) is 0.625. The van der Waals surface area contributed by atoms with Gasteiger partial charge in [0, 0.05) is 32.2 Å². The molecular formula is C16H27NO3. The number of hydrogen-bond donors (Lipinski definition) is 1. The molecule has 0 radical (unpaired) electrons. The molecular weight excluding hydrogens is 254 g/mol. The van der Waals surface area contributed by atoms with E-state index in [4.69, 9.17) is 14.2 Å². The van der Waals surface area contributed by atoms with Crippen molar-refractivity contribution in [1.82, 2.24) is 5.32 Å². The summed E-state index contributed by atoms with van der Waals surface area (Å²) in [7, 11) is 1.71. The zero-order valence-electron chi connectivity index (χ0n) is 13.1. The lowest BCUT2D eigenvalue weighted by Gasteiger charge is -2.20. The van der Waals surface area contributed by atoms with E-state index in [0.717, 1.165) is 36.6 Å². The zero-order valence-corrected chi connectivity index (χ0v) is 13.1. The smallest absolute Gasteiger partial charge is 0.166 e. The number of benzene rings is 1. The molecule has 4 heteroatoms. The van der Waals surface area contributed by atoms with Crippen LogP contribution in [-0.4, -0.2) is 33.0 Å². The van der Waals surface area contributed by atoms with Crippen LogP contribution >= 0.6 is 0 Å². The van der Waals surface area contributed by atoms with Crippen LogP contribution in [0.2, 0.25) is 0 Å². The molecule has 1 atom stereocenters. The minimum absolute atomic E-state index is 0.0944. The van der Waals surface area contributed by atoms with Crippen LogP contribution < -0.4 is 14.8 Å². The molecule has 20 heavy (non-hydrogen) atoms. The third kappa shape index (κ3) is 5.39. The van der Waals surface area contributed by atoms with E-state index in [0.29, 0.717) is 13.2 Å². The second-order valence-corrected chi connectivity index (χ2v) is 4.67. The van der Waals surface area contributed by atoms with Crippen LogP contribution in [0.3, 0.4) is 0 Å². The third-order valence-corrected chi connectivity index (χ3v) is 2.97. The van der Waals surface area contributed by atoms with Crippen molar-refractivity contribution < 1.29 is 14.2 Å². The minimum atomic E-state index is 0.0944. The summed E-state index contributed by atoms with van der Waals surface area (Å²) >= 11 is 0. The van der Waals surface area contributed by atoms with Gasteiger partial charge in [0.2, 0.25) is 0 Å². The van der Waals surface area contributed by atoms with E-state index in [2.05, 4.69) is 25.2 Å². The fourth-order valence-electron chi connectivity index (χ4n) is 1.91. The van der Waals surface area contributed by atoms with E-state index >= 15 is 0 Å². The van der Waals surface area contributed by atoms with Gasteiger partial charge in [-0.3, -0.25) is 0 Å². The van der Waals surface area contributed by atoms with E-state index in [1.165, 1.54) is 0 Å². The molecule has 0 aromatic heterocycles. The molecule has 114 valence electrons. The average molecular weight is 281 g/mol. The van der Waals surface area contributed by atoms with Gasteiger partial charge in [0.25, 0.3) is 0 Å². The predicted octanol–water partition coefficient (Wildman–Crippen LogP) is 3.00. The molecule has 1 N–H and O–H groups in total. The van der Waals surface area contributed by atoms with E-state index < -0.39 is 0 Å². The van der Waals surface area contributed by atoms with Gasteiger partial charge in [-0.15, -0.1) is 0 Å². The Bertz CT molecular complexity index is 382. The lowest BCUT2D eigenvalue weighted by molar-refractivity contribution is 0.131. The van der Waals surface area contributed by atoms with Gasteiger partial charge >= 0.3 is 0 Å². The zero-order chi connectivity index (χ0) is 14.8. The summed E-state index contributed by atoms with van der Waals surface area (Å²) in [6.07, 6.45) is 0.953. The van der Waals surface area contributed by atoms with Crippen LogP contribution in [0.4, 0.5) is 0 Å². The molecule has 1 rings (SSSR count). The van der Waals surface area contributed by atoms with Crippen molar-refractivity contribution in [2.45, 2.75) is 39.8 Å². The van der Waals surface area contributed by atoms with Gasteiger partial charge in [-0.1, -0.05) is 19.1 Å². The van der Waals surface area contributed by atoms with Gasteiger partial charge in [-0.2, -0.15) is 0 Å². The third-order valence-electron chi connectivity index (χ3n) is 2.97. The van der Waals surface area contributed by atoms with Crippen molar-refractivity contribution in [3.63, 3.8) is 0 Å². The summed E-state index contributed by atoms with van der Waals surface area (Å²) in [4.78, 5) is 0. The van der Waals surface area contributed by atoms with Crippen molar-refractivity contribution in [3.05, 3.63) is 23.8 Å². The monoisotopic (exact) mass is 281 g/mol. The first-order valence-corrected chi connectivity index (χ1v) is 7.33. The maximum absolute atomic E-state index is 6.08. The maximum atomic E-state index is 6.08. The van der Waals surface area contributed by atoms with E-state index in [1.807, 2.05) is 19.1 Å². The van der Waals surface area contributed by atoms with Crippen LogP contribution in [0.5, 0.6) is 11.5 Å². The normalized spacial score (nSPS) is 12.2. The Kier molecular flexibility index (Phi) is 8.07. The number of nitrogens with one attached hydrogen (secondary N) is 1. The quantitative estimate of drug-likeness (QED) is 0.715. The first-order valence-electron chi connectivity index (χ1n) is 7.33. The molecule has 0 aliphatic rings. The molecule has 0 saturated carbocycles. The maximum Gasteiger partial charge on any atom is 0.166 e. The Hall–Kier alpha value is -1.26. The van der Waals surface area contributed by atoms with Gasteiger partial charge in [0.05, 0.1) is 12.7 Å². The molecule has 1 unspecified atom stereocenters. The summed E-state index contributed by atoms with van der Waals surface area (Å²) < 4.78 is 16.9. The van der Waals surface area contributed by atoms with Crippen molar-refractivity contribution in [2.24, 2.45) is 0 Å². The largest absolute Gasteiger partial charge is 0.490 e. The van der Waals surface area contributed by atoms with Gasteiger partial charge < -0.3 is 19.5 Å². The highest BCUT2D eigenvalue weighted by atomic mass is 16.5. The van der Waals surface area contributed by atoms with Crippen molar-refractivity contribution in [2.75, 3.05) is 26.9 Å². The number of ether oxygens (including phenoxy) is 3. The Morgan fingerprint density at radius 3 is 2.70 bits per heavy atom. The number of para-hydroxylation sites is 1. The van der Waals surface area contributed by atoms with Crippen LogP contribution in [0.1, 0.15) is 32.8 Å². The highest BCUT2D eigenvalue weighted by Crippen LogP contribution is 2.32. The van der Waals surface area contributed by atoms with Gasteiger partial charge in [-0.05, 0) is 26.5 Å². The van der Waals surface area contributed by atoms with Crippen LogP contribution in [-0.2, 0) is 11.3 Å². The Morgan fingerprint density at radius 1 is 1.25 bits per heavy atom. The lowest BCUT2D eigenvalue weighted by atomic mass is 10.1. The Morgan fingerprint density at radius 2 is 2.05 bits per heavy atom. The van der Waals surface area contributed by atoms with Crippen LogP contribution in [0, 0.1) is 0 Å². The summed E-state index contributed by atoms with van der Waals surface area (Å²) in [5, 5.41) is 3.33. The van der Waals surface area contributed by atoms with Gasteiger partial charge in [-0.25, -0.2) is 0 Å². The molecule has 0 fully saturated rings. The lowest BCUT2D eigenvalue weighted by Crippen LogP contribution is -2.18. The summed E-state index contributed by atoms with van der Waals surface area (Å²) in [6, 6.07) is 6.03. The molecule has 1 aromatic carbocycles. The summed E-state index contributed by atoms with van der Waals surface area (Å²) in [5.74, 6) is 1.66. The minimum Gasteiger partial charge on any atom is -0.490 e. The first-order chi connectivity index (χ1) is 9.72. The number of hydrogen-bond acceptors (Lipinski definition) is 4. The van der Waals surface area contributed by atoms with Crippen LogP contribution in [0.25, 0.3) is 0 Å². The average Bonchev–Trinajstić information content (AvgIpc) is 2.45. The number of rotatable bonds is 10. The molecule has 0 aliphatic carbocycles. The molecule has 1 aromatic rings. The first kappa shape index (κ1) is 16.8. The molecule has 0 saturated heterocycles. The second-order valence-electron chi connectivity index (χ2n) is 4.67. The molecule has 0 amide bonds. The summed E-state index contributed by atoms with van der Waals surface area (Å²) in [6.45, 7) is 9.16. The number of methoxy groups -OCH3 is 1. The standard InChI is InChI=1S/C16H27NO3/c1-5-17-12-14-8-7-9-15(19-6-2)16(14)20-13(3)10-11-18-4/h7-9,13,17H,5-6,10-12H2,1-4H3. The SMILES string of the molecule is CCNCc1cccc(OCC)c1OC(C)CCOC. The highest BCUT2D eigenvalue weighted by molar-refractivity contribution is 5.46. The van der Waals surface area contributed by atoms with E-state index in [-0.39, 0.29) is 6.10 Å². The van der Waals surface area contributed by atoms with E-state index in [1.54, 1.807) is 7.11 Å². The van der Waals surface area contributed by atoms with Crippen LogP contribution in [0.15, 0.2) is 18.2 Å². The molecule has 0 spiro atoms. The highest BCUT2D eigenvalue weighted by Gasteiger charge is 2.14. The summed E-state index contributed by atoms with van der Waals surface area (Å²) in [5.41, 5.74) is 1.13. The predicted molar refractivity (Wildman–Crippen MR) is 81.6 cm³/mol. The van der Waals surface area contributed by atoms with Crippen molar-refractivity contribution in [1.29, 1.82) is 0 Å². The second kappa shape index (κ2) is 9.61. The Balaban J connectivity index is 2.85. The van der Waals surface area contributed by atoms with Crippen molar-refractivity contribution >= 4 is 0 Å². The Labute approximate surface area is 122 Å². The molecule has 0 bridgehead atoms. The molecule has 4 nitrogen and oxygen atoms in total. The van der Waals surface area contributed by atoms with E-state index in [9.17, 15) is 0 Å². The van der Waals surface area contributed by atoms with Gasteiger partial charge in [0.15, 0.2) is 11.5 Å². The fourth-order valence-corrected chi connectivity index (χ4v) is 1.91.